The SMILES string of the molecule is c1cc(N2CCSCC2)c2c(n1)CCCC2. The van der Waals surface area contributed by atoms with Crippen LogP contribution in [-0.4, -0.2) is 29.6 Å². The summed E-state index contributed by atoms with van der Waals surface area (Å²) in [6.45, 7) is 2.42. The first-order chi connectivity index (χ1) is 7.95. The Kier molecular flexibility index (Phi) is 3.04. The van der Waals surface area contributed by atoms with Crippen LogP contribution < -0.4 is 4.90 Å². The Hall–Kier alpha value is -0.700. The van der Waals surface area contributed by atoms with E-state index >= 15 is 0 Å². The smallest absolute Gasteiger partial charge is 0.0456 e. The fourth-order valence-electron chi connectivity index (χ4n) is 2.71. The summed E-state index contributed by atoms with van der Waals surface area (Å²) in [6.07, 6.45) is 7.09. The maximum absolute atomic E-state index is 4.54. The number of aromatic nitrogens is 1. The van der Waals surface area contributed by atoms with E-state index < -0.39 is 0 Å². The Morgan fingerprint density at radius 2 is 1.94 bits per heavy atom. The number of thioether (sulfide) groups is 1. The van der Waals surface area contributed by atoms with Crippen LogP contribution >= 0.6 is 11.8 Å². The molecule has 1 aromatic rings. The Bertz CT molecular complexity index is 372. The zero-order chi connectivity index (χ0) is 10.8. The van der Waals surface area contributed by atoms with E-state index in [9.17, 15) is 0 Å². The first kappa shape index (κ1) is 10.5. The molecule has 1 aliphatic heterocycles. The van der Waals surface area contributed by atoms with Crippen molar-refractivity contribution >= 4 is 17.4 Å². The van der Waals surface area contributed by atoms with Crippen molar-refractivity contribution in [2.24, 2.45) is 0 Å². The average molecular weight is 234 g/mol. The molecule has 1 aromatic heterocycles. The van der Waals surface area contributed by atoms with Crippen molar-refractivity contribution in [3.63, 3.8) is 0 Å². The molecule has 16 heavy (non-hydrogen) atoms. The van der Waals surface area contributed by atoms with Crippen LogP contribution in [0.4, 0.5) is 5.69 Å². The average Bonchev–Trinajstić information content (AvgIpc) is 2.39. The minimum atomic E-state index is 1.19. The fourth-order valence-corrected chi connectivity index (χ4v) is 3.61. The van der Waals surface area contributed by atoms with Crippen molar-refractivity contribution in [2.45, 2.75) is 25.7 Å². The number of aryl methyl sites for hydroxylation is 1. The number of fused-ring (bicyclic) bond motifs is 1. The van der Waals surface area contributed by atoms with Gasteiger partial charge >= 0.3 is 0 Å². The zero-order valence-electron chi connectivity index (χ0n) is 9.61. The normalized spacial score (nSPS) is 20.6. The van der Waals surface area contributed by atoms with E-state index in [0.29, 0.717) is 0 Å². The molecule has 2 nitrogen and oxygen atoms in total. The number of pyridine rings is 1. The molecule has 0 saturated carbocycles. The molecule has 86 valence electrons. The maximum atomic E-state index is 4.54. The lowest BCUT2D eigenvalue weighted by molar-refractivity contribution is 0.663. The van der Waals surface area contributed by atoms with E-state index in [4.69, 9.17) is 0 Å². The highest BCUT2D eigenvalue weighted by molar-refractivity contribution is 7.99. The minimum absolute atomic E-state index is 1.19. The first-order valence-corrected chi connectivity index (χ1v) is 7.40. The second kappa shape index (κ2) is 4.66. The molecule has 0 aromatic carbocycles. The highest BCUT2D eigenvalue weighted by Crippen LogP contribution is 2.30. The van der Waals surface area contributed by atoms with E-state index in [2.05, 4.69) is 27.7 Å². The molecule has 0 unspecified atom stereocenters. The van der Waals surface area contributed by atoms with Crippen LogP contribution in [0.25, 0.3) is 0 Å². The van der Waals surface area contributed by atoms with Crippen molar-refractivity contribution in [1.29, 1.82) is 0 Å². The molecule has 0 radical (unpaired) electrons. The lowest BCUT2D eigenvalue weighted by Crippen LogP contribution is -2.33. The van der Waals surface area contributed by atoms with Gasteiger partial charge in [0.15, 0.2) is 0 Å². The molecule has 3 heteroatoms. The van der Waals surface area contributed by atoms with E-state index in [-0.39, 0.29) is 0 Å². The Labute approximate surface area is 101 Å². The first-order valence-electron chi connectivity index (χ1n) is 6.24. The van der Waals surface area contributed by atoms with Gasteiger partial charge in [0.2, 0.25) is 0 Å². The third-order valence-electron chi connectivity index (χ3n) is 3.56. The highest BCUT2D eigenvalue weighted by atomic mass is 32.2. The highest BCUT2D eigenvalue weighted by Gasteiger charge is 2.19. The van der Waals surface area contributed by atoms with Crippen molar-refractivity contribution in [3.05, 3.63) is 23.5 Å². The molecule has 2 aliphatic rings. The second-order valence-electron chi connectivity index (χ2n) is 4.56. The third kappa shape index (κ3) is 1.93. The molecule has 1 saturated heterocycles. The van der Waals surface area contributed by atoms with Gasteiger partial charge in [-0.2, -0.15) is 11.8 Å². The van der Waals surface area contributed by atoms with Gasteiger partial charge in [-0.3, -0.25) is 4.98 Å². The van der Waals surface area contributed by atoms with Gasteiger partial charge in [-0.05, 0) is 37.3 Å². The van der Waals surface area contributed by atoms with E-state index in [1.807, 2.05) is 6.20 Å². The van der Waals surface area contributed by atoms with Gasteiger partial charge in [0.05, 0.1) is 0 Å². The van der Waals surface area contributed by atoms with Crippen LogP contribution in [0.3, 0.4) is 0 Å². The van der Waals surface area contributed by atoms with Crippen LogP contribution in [0.15, 0.2) is 12.3 Å². The summed E-state index contributed by atoms with van der Waals surface area (Å²) >= 11 is 2.07. The van der Waals surface area contributed by atoms with Gasteiger partial charge in [0, 0.05) is 42.2 Å². The van der Waals surface area contributed by atoms with Crippen LogP contribution in [-0.2, 0) is 12.8 Å². The summed E-state index contributed by atoms with van der Waals surface area (Å²) in [6, 6.07) is 2.22. The standard InChI is InChI=1S/C13H18N2S/c1-2-4-12-11(3-1)13(5-6-14-12)15-7-9-16-10-8-15/h5-6H,1-4,7-10H2. The van der Waals surface area contributed by atoms with Crippen molar-refractivity contribution in [2.75, 3.05) is 29.5 Å². The topological polar surface area (TPSA) is 16.1 Å². The number of hydrogen-bond donors (Lipinski definition) is 0. The molecule has 0 spiro atoms. The number of nitrogens with zero attached hydrogens (tertiary/aromatic N) is 2. The van der Waals surface area contributed by atoms with Crippen molar-refractivity contribution in [1.82, 2.24) is 4.98 Å². The lowest BCUT2D eigenvalue weighted by atomic mass is 9.94. The van der Waals surface area contributed by atoms with Gasteiger partial charge in [0.25, 0.3) is 0 Å². The summed E-state index contributed by atoms with van der Waals surface area (Å²) in [4.78, 5) is 7.10. The predicted octanol–water partition coefficient (Wildman–Crippen LogP) is 2.51. The van der Waals surface area contributed by atoms with Crippen LogP contribution in [0, 0.1) is 0 Å². The molecule has 0 atom stereocenters. The van der Waals surface area contributed by atoms with Crippen molar-refractivity contribution < 1.29 is 0 Å². The van der Waals surface area contributed by atoms with Gasteiger partial charge < -0.3 is 4.90 Å². The zero-order valence-corrected chi connectivity index (χ0v) is 10.4. The molecule has 2 heterocycles. The number of hydrogen-bond acceptors (Lipinski definition) is 3. The Morgan fingerprint density at radius 3 is 2.81 bits per heavy atom. The van der Waals surface area contributed by atoms with Crippen LogP contribution in [0.1, 0.15) is 24.1 Å². The van der Waals surface area contributed by atoms with Gasteiger partial charge in [-0.1, -0.05) is 0 Å². The fraction of sp³-hybridized carbons (Fsp3) is 0.615. The van der Waals surface area contributed by atoms with Crippen LogP contribution in [0.2, 0.25) is 0 Å². The van der Waals surface area contributed by atoms with Gasteiger partial charge in [0.1, 0.15) is 0 Å². The van der Waals surface area contributed by atoms with E-state index in [1.165, 1.54) is 61.7 Å². The number of anilines is 1. The largest absolute Gasteiger partial charge is 0.370 e. The molecule has 0 amide bonds. The maximum Gasteiger partial charge on any atom is 0.0456 e. The van der Waals surface area contributed by atoms with Gasteiger partial charge in [-0.15, -0.1) is 0 Å². The Balaban J connectivity index is 1.93. The summed E-state index contributed by atoms with van der Waals surface area (Å²) in [5, 5.41) is 0. The monoisotopic (exact) mass is 234 g/mol. The summed E-state index contributed by atoms with van der Waals surface area (Å²) in [7, 11) is 0. The molecule has 3 rings (SSSR count). The Morgan fingerprint density at radius 1 is 1.12 bits per heavy atom. The van der Waals surface area contributed by atoms with Gasteiger partial charge in [-0.25, -0.2) is 0 Å². The summed E-state index contributed by atoms with van der Waals surface area (Å²) < 4.78 is 0. The number of rotatable bonds is 1. The lowest BCUT2D eigenvalue weighted by Gasteiger charge is -2.32. The molecule has 1 aliphatic carbocycles. The molecular weight excluding hydrogens is 216 g/mol. The molecule has 1 fully saturated rings. The third-order valence-corrected chi connectivity index (χ3v) is 4.50. The van der Waals surface area contributed by atoms with Crippen LogP contribution in [0.5, 0.6) is 0 Å². The minimum Gasteiger partial charge on any atom is -0.370 e. The molecule has 0 bridgehead atoms. The summed E-state index contributed by atoms with van der Waals surface area (Å²) in [5.41, 5.74) is 4.38. The van der Waals surface area contributed by atoms with E-state index in [1.54, 1.807) is 5.56 Å². The second-order valence-corrected chi connectivity index (χ2v) is 5.79. The predicted molar refractivity (Wildman–Crippen MR) is 70.4 cm³/mol. The van der Waals surface area contributed by atoms with Crippen molar-refractivity contribution in [3.8, 4) is 0 Å². The quantitative estimate of drug-likeness (QED) is 0.743. The van der Waals surface area contributed by atoms with E-state index in [0.717, 1.165) is 0 Å². The summed E-state index contributed by atoms with van der Waals surface area (Å²) in [5.74, 6) is 2.55. The molecule has 0 N–H and O–H groups in total. The molecular formula is C13H18N2S.